The van der Waals surface area contributed by atoms with Gasteiger partial charge in [0, 0.05) is 31.7 Å². The molecule has 3 heterocycles. The van der Waals surface area contributed by atoms with Crippen LogP contribution >= 0.6 is 27.5 Å². The molecular weight excluding hydrogens is 408 g/mol. The molecule has 1 fully saturated rings. The molecule has 2 N–H and O–H groups in total. The van der Waals surface area contributed by atoms with Crippen molar-refractivity contribution >= 4 is 49.1 Å². The highest BCUT2D eigenvalue weighted by molar-refractivity contribution is 9.10. The molecule has 0 spiro atoms. The number of halogens is 2. The van der Waals surface area contributed by atoms with Crippen LogP contribution in [0.1, 0.15) is 6.42 Å². The standard InChI is InChI=1S/C13H12BrClN4O3S/c14-9-4-8(5-17-13(9)19-2-1-3-19)23(21,22)18-11-7-16-6-10(15)12(11)20/h4-7,18H,1-3H2,(H,16,20). The number of nitrogens with zero attached hydrogens (tertiary/aromatic N) is 2. The maximum atomic E-state index is 12.4. The Kier molecular flexibility index (Phi) is 4.35. The number of hydrogen-bond acceptors (Lipinski definition) is 5. The number of H-pyrrole nitrogens is 1. The molecule has 0 radical (unpaired) electrons. The van der Waals surface area contributed by atoms with Crippen molar-refractivity contribution in [2.24, 2.45) is 0 Å². The lowest BCUT2D eigenvalue weighted by Crippen LogP contribution is -2.37. The van der Waals surface area contributed by atoms with Crippen LogP contribution in [-0.4, -0.2) is 31.5 Å². The molecule has 122 valence electrons. The summed E-state index contributed by atoms with van der Waals surface area (Å²) in [5, 5.41) is -0.0994. The largest absolute Gasteiger partial charge is 0.364 e. The smallest absolute Gasteiger partial charge is 0.263 e. The third-order valence-electron chi connectivity index (χ3n) is 3.41. The first-order valence-electron chi connectivity index (χ1n) is 6.68. The van der Waals surface area contributed by atoms with Crippen molar-refractivity contribution in [1.29, 1.82) is 0 Å². The van der Waals surface area contributed by atoms with Crippen LogP contribution < -0.4 is 15.1 Å². The molecule has 0 saturated carbocycles. The van der Waals surface area contributed by atoms with Crippen LogP contribution in [0.25, 0.3) is 0 Å². The van der Waals surface area contributed by atoms with Gasteiger partial charge in [0.25, 0.3) is 10.0 Å². The summed E-state index contributed by atoms with van der Waals surface area (Å²) < 4.78 is 27.6. The Morgan fingerprint density at radius 2 is 2.09 bits per heavy atom. The molecule has 2 aromatic heterocycles. The SMILES string of the molecule is O=c1c(Cl)c[nH]cc1NS(=O)(=O)c1cnc(N2CCC2)c(Br)c1. The summed E-state index contributed by atoms with van der Waals surface area (Å²) >= 11 is 9.03. The third kappa shape index (κ3) is 3.22. The molecular formula is C13H12BrClN4O3S. The molecule has 0 amide bonds. The number of aromatic nitrogens is 2. The summed E-state index contributed by atoms with van der Waals surface area (Å²) in [4.78, 5) is 20.6. The average molecular weight is 420 g/mol. The van der Waals surface area contributed by atoms with Crippen molar-refractivity contribution in [1.82, 2.24) is 9.97 Å². The van der Waals surface area contributed by atoms with Crippen LogP contribution in [0.5, 0.6) is 0 Å². The lowest BCUT2D eigenvalue weighted by molar-refractivity contribution is 0.598. The molecule has 10 heteroatoms. The van der Waals surface area contributed by atoms with Crippen molar-refractivity contribution in [2.45, 2.75) is 11.3 Å². The first-order valence-corrected chi connectivity index (χ1v) is 9.34. The van der Waals surface area contributed by atoms with Gasteiger partial charge in [0.15, 0.2) is 0 Å². The van der Waals surface area contributed by atoms with E-state index in [0.29, 0.717) is 10.3 Å². The molecule has 0 atom stereocenters. The van der Waals surface area contributed by atoms with E-state index in [1.54, 1.807) is 0 Å². The maximum Gasteiger partial charge on any atom is 0.263 e. The Bertz CT molecular complexity index is 912. The molecule has 0 bridgehead atoms. The van der Waals surface area contributed by atoms with E-state index in [4.69, 9.17) is 11.6 Å². The van der Waals surface area contributed by atoms with Crippen molar-refractivity contribution < 1.29 is 8.42 Å². The minimum absolute atomic E-state index is 0.0481. The van der Waals surface area contributed by atoms with Crippen LogP contribution in [0.4, 0.5) is 11.5 Å². The monoisotopic (exact) mass is 418 g/mol. The van der Waals surface area contributed by atoms with Crippen LogP contribution in [0, 0.1) is 0 Å². The van der Waals surface area contributed by atoms with Crippen molar-refractivity contribution in [3.8, 4) is 0 Å². The van der Waals surface area contributed by atoms with Gasteiger partial charge in [0.1, 0.15) is 21.4 Å². The molecule has 1 aliphatic heterocycles. The molecule has 0 aliphatic carbocycles. The van der Waals surface area contributed by atoms with E-state index in [1.165, 1.54) is 24.7 Å². The Balaban J connectivity index is 1.92. The zero-order valence-corrected chi connectivity index (χ0v) is 14.9. The van der Waals surface area contributed by atoms with E-state index < -0.39 is 15.5 Å². The quantitative estimate of drug-likeness (QED) is 0.792. The number of sulfonamides is 1. The molecule has 2 aromatic rings. The highest BCUT2D eigenvalue weighted by Gasteiger charge is 2.22. The second-order valence-corrected chi connectivity index (χ2v) is 7.91. The molecule has 0 aromatic carbocycles. The van der Waals surface area contributed by atoms with Crippen molar-refractivity contribution in [2.75, 3.05) is 22.7 Å². The van der Waals surface area contributed by atoms with Gasteiger partial charge in [0.05, 0.1) is 4.47 Å². The summed E-state index contributed by atoms with van der Waals surface area (Å²) in [6.07, 6.45) is 4.87. The minimum Gasteiger partial charge on any atom is -0.364 e. The molecule has 7 nitrogen and oxygen atoms in total. The summed E-state index contributed by atoms with van der Waals surface area (Å²) in [6.45, 7) is 1.79. The number of pyridine rings is 2. The first kappa shape index (κ1) is 16.3. The van der Waals surface area contributed by atoms with E-state index in [-0.39, 0.29) is 15.6 Å². The van der Waals surface area contributed by atoms with Gasteiger partial charge >= 0.3 is 0 Å². The van der Waals surface area contributed by atoms with Crippen LogP contribution in [0.15, 0.2) is 38.8 Å². The summed E-state index contributed by atoms with van der Waals surface area (Å²) in [5.74, 6) is 0.704. The predicted molar refractivity (Wildman–Crippen MR) is 91.6 cm³/mol. The predicted octanol–water partition coefficient (Wildman–Crippen LogP) is 2.20. The second kappa shape index (κ2) is 6.14. The zero-order chi connectivity index (χ0) is 16.6. The van der Waals surface area contributed by atoms with Crippen molar-refractivity contribution in [3.63, 3.8) is 0 Å². The number of nitrogens with one attached hydrogen (secondary N) is 2. The lowest BCUT2D eigenvalue weighted by Gasteiger charge is -2.32. The Labute approximate surface area is 145 Å². The molecule has 1 aliphatic rings. The maximum absolute atomic E-state index is 12.4. The van der Waals surface area contributed by atoms with Gasteiger partial charge in [-0.2, -0.15) is 0 Å². The van der Waals surface area contributed by atoms with E-state index >= 15 is 0 Å². The fourth-order valence-corrected chi connectivity index (χ4v) is 4.00. The van der Waals surface area contributed by atoms with E-state index in [9.17, 15) is 13.2 Å². The van der Waals surface area contributed by atoms with E-state index in [0.717, 1.165) is 19.5 Å². The van der Waals surface area contributed by atoms with Gasteiger partial charge < -0.3 is 9.88 Å². The van der Waals surface area contributed by atoms with Gasteiger partial charge in [-0.15, -0.1) is 0 Å². The number of anilines is 2. The minimum atomic E-state index is -3.95. The normalized spacial score (nSPS) is 14.4. The molecule has 0 unspecified atom stereocenters. The van der Waals surface area contributed by atoms with Crippen LogP contribution in [0.3, 0.4) is 0 Å². The van der Waals surface area contributed by atoms with Gasteiger partial charge in [0.2, 0.25) is 5.43 Å². The second-order valence-electron chi connectivity index (χ2n) is 4.97. The fraction of sp³-hybridized carbons (Fsp3) is 0.231. The van der Waals surface area contributed by atoms with E-state index in [2.05, 4.69) is 30.6 Å². The summed E-state index contributed by atoms with van der Waals surface area (Å²) in [5.41, 5.74) is -0.751. The summed E-state index contributed by atoms with van der Waals surface area (Å²) in [7, 11) is -3.95. The third-order valence-corrected chi connectivity index (χ3v) is 5.60. The molecule has 1 saturated heterocycles. The number of hydrogen-bond donors (Lipinski definition) is 2. The van der Waals surface area contributed by atoms with Crippen LogP contribution in [0.2, 0.25) is 5.02 Å². The molecule has 23 heavy (non-hydrogen) atoms. The van der Waals surface area contributed by atoms with Gasteiger partial charge in [-0.25, -0.2) is 13.4 Å². The Morgan fingerprint density at radius 1 is 1.35 bits per heavy atom. The average Bonchev–Trinajstić information content (AvgIpc) is 2.44. The Morgan fingerprint density at radius 3 is 2.70 bits per heavy atom. The summed E-state index contributed by atoms with van der Waals surface area (Å²) in [6, 6.07) is 1.46. The highest BCUT2D eigenvalue weighted by Crippen LogP contribution is 2.29. The number of rotatable bonds is 4. The number of aromatic amines is 1. The van der Waals surface area contributed by atoms with E-state index in [1.807, 2.05) is 4.90 Å². The fourth-order valence-electron chi connectivity index (χ4n) is 2.06. The molecule has 3 rings (SSSR count). The van der Waals surface area contributed by atoms with Gasteiger partial charge in [-0.3, -0.25) is 9.52 Å². The first-order chi connectivity index (χ1) is 10.9. The Hall–Kier alpha value is -1.58. The van der Waals surface area contributed by atoms with Gasteiger partial charge in [-0.1, -0.05) is 11.6 Å². The van der Waals surface area contributed by atoms with Gasteiger partial charge in [-0.05, 0) is 28.4 Å². The lowest BCUT2D eigenvalue weighted by atomic mass is 10.2. The van der Waals surface area contributed by atoms with Crippen LogP contribution in [-0.2, 0) is 10.0 Å². The zero-order valence-electron chi connectivity index (χ0n) is 11.7. The van der Waals surface area contributed by atoms with Crippen molar-refractivity contribution in [3.05, 3.63) is 44.4 Å². The highest BCUT2D eigenvalue weighted by atomic mass is 79.9. The topological polar surface area (TPSA) is 95.2 Å².